The topological polar surface area (TPSA) is 74.7 Å². The number of rotatable bonds is 4. The highest BCUT2D eigenvalue weighted by molar-refractivity contribution is 8.14. The lowest BCUT2D eigenvalue weighted by molar-refractivity contribution is -0.148. The number of carbonyl (C=O) groups excluding carboxylic acids is 2. The normalized spacial score (nSPS) is 22.2. The fourth-order valence-electron chi connectivity index (χ4n) is 1.84. The smallest absolute Gasteiger partial charge is 0.326 e. The van der Waals surface area contributed by atoms with Crippen LogP contribution in [-0.4, -0.2) is 44.8 Å². The molecule has 1 saturated heterocycles. The maximum Gasteiger partial charge on any atom is 0.326 e. The maximum absolute atomic E-state index is 11.6. The SMILES string of the molecule is CC[C@@H](C(=O)O)N1CC(SC(C)=O)CC1=O. The van der Waals surface area contributed by atoms with Crippen LogP contribution in [0.25, 0.3) is 0 Å². The van der Waals surface area contributed by atoms with Crippen molar-refractivity contribution in [3.05, 3.63) is 0 Å². The van der Waals surface area contributed by atoms with Crippen molar-refractivity contribution in [1.29, 1.82) is 0 Å². The maximum atomic E-state index is 11.6. The van der Waals surface area contributed by atoms with Gasteiger partial charge in [0.15, 0.2) is 5.12 Å². The summed E-state index contributed by atoms with van der Waals surface area (Å²) < 4.78 is 0. The van der Waals surface area contributed by atoms with Crippen LogP contribution in [-0.2, 0) is 14.4 Å². The Morgan fingerprint density at radius 2 is 2.25 bits per heavy atom. The minimum atomic E-state index is -0.982. The number of carboxylic acids is 1. The fourth-order valence-corrected chi connectivity index (χ4v) is 2.77. The van der Waals surface area contributed by atoms with Crippen molar-refractivity contribution in [3.8, 4) is 0 Å². The highest BCUT2D eigenvalue weighted by Crippen LogP contribution is 2.26. The Labute approximate surface area is 98.2 Å². The second-order valence-corrected chi connectivity index (χ2v) is 5.22. The Morgan fingerprint density at radius 1 is 1.62 bits per heavy atom. The number of carbonyl (C=O) groups is 3. The molecule has 1 rings (SSSR count). The van der Waals surface area contributed by atoms with Gasteiger partial charge in [-0.3, -0.25) is 9.59 Å². The van der Waals surface area contributed by atoms with Crippen LogP contribution >= 0.6 is 11.8 Å². The Bertz CT molecular complexity index is 318. The van der Waals surface area contributed by atoms with Gasteiger partial charge >= 0.3 is 5.97 Å². The van der Waals surface area contributed by atoms with Crippen LogP contribution in [0.1, 0.15) is 26.7 Å². The zero-order valence-corrected chi connectivity index (χ0v) is 10.1. The van der Waals surface area contributed by atoms with E-state index in [4.69, 9.17) is 5.11 Å². The zero-order valence-electron chi connectivity index (χ0n) is 9.30. The number of thioether (sulfide) groups is 1. The fraction of sp³-hybridized carbons (Fsp3) is 0.700. The summed E-state index contributed by atoms with van der Waals surface area (Å²) in [6.07, 6.45) is 0.645. The lowest BCUT2D eigenvalue weighted by Gasteiger charge is -2.23. The summed E-state index contributed by atoms with van der Waals surface area (Å²) in [6.45, 7) is 3.54. The molecule has 0 spiro atoms. The van der Waals surface area contributed by atoms with E-state index in [1.807, 2.05) is 0 Å². The first-order valence-electron chi connectivity index (χ1n) is 5.15. The van der Waals surface area contributed by atoms with Crippen LogP contribution in [0.4, 0.5) is 0 Å². The second-order valence-electron chi connectivity index (χ2n) is 3.74. The van der Waals surface area contributed by atoms with E-state index in [1.54, 1.807) is 6.92 Å². The first-order valence-corrected chi connectivity index (χ1v) is 6.03. The molecule has 1 aliphatic rings. The minimum absolute atomic E-state index is 0.0389. The summed E-state index contributed by atoms with van der Waals surface area (Å²) in [7, 11) is 0. The molecule has 0 bridgehead atoms. The molecule has 6 heteroatoms. The molecule has 1 N–H and O–H groups in total. The van der Waals surface area contributed by atoms with Crippen molar-refractivity contribution in [1.82, 2.24) is 4.90 Å². The number of likely N-dealkylation sites (tertiary alicyclic amines) is 1. The predicted octanol–water partition coefficient (Wildman–Crippen LogP) is 0.730. The number of carboxylic acid groups (broad SMARTS) is 1. The molecule has 0 aromatic heterocycles. The minimum Gasteiger partial charge on any atom is -0.480 e. The second kappa shape index (κ2) is 5.34. The van der Waals surface area contributed by atoms with Crippen molar-refractivity contribution in [2.45, 2.75) is 38.0 Å². The van der Waals surface area contributed by atoms with Crippen LogP contribution in [0.15, 0.2) is 0 Å². The highest BCUT2D eigenvalue weighted by Gasteiger charge is 2.37. The largest absolute Gasteiger partial charge is 0.480 e. The molecule has 0 saturated carbocycles. The summed E-state index contributed by atoms with van der Waals surface area (Å²) in [5.74, 6) is -1.16. The Kier molecular flexibility index (Phi) is 4.35. The first kappa shape index (κ1) is 13.0. The lowest BCUT2D eigenvalue weighted by Crippen LogP contribution is -2.41. The number of amides is 1. The van der Waals surface area contributed by atoms with E-state index in [1.165, 1.54) is 11.8 Å². The van der Waals surface area contributed by atoms with Gasteiger partial charge in [-0.05, 0) is 6.42 Å². The van der Waals surface area contributed by atoms with E-state index in [9.17, 15) is 14.4 Å². The summed E-state index contributed by atoms with van der Waals surface area (Å²) >= 11 is 1.11. The van der Waals surface area contributed by atoms with E-state index in [0.29, 0.717) is 13.0 Å². The quantitative estimate of drug-likeness (QED) is 0.790. The van der Waals surface area contributed by atoms with Crippen LogP contribution < -0.4 is 0 Å². The number of nitrogens with zero attached hydrogens (tertiary/aromatic N) is 1. The Balaban J connectivity index is 2.66. The van der Waals surface area contributed by atoms with E-state index < -0.39 is 12.0 Å². The summed E-state index contributed by atoms with van der Waals surface area (Å²) in [5.41, 5.74) is 0. The van der Waals surface area contributed by atoms with Gasteiger partial charge in [0.2, 0.25) is 5.91 Å². The van der Waals surface area contributed by atoms with Crippen LogP contribution in [0.5, 0.6) is 0 Å². The van der Waals surface area contributed by atoms with Gasteiger partial charge in [0.25, 0.3) is 0 Å². The average molecular weight is 245 g/mol. The van der Waals surface area contributed by atoms with Crippen LogP contribution in [0, 0.1) is 0 Å². The standard InChI is InChI=1S/C10H15NO4S/c1-3-8(10(14)15)11-5-7(4-9(11)13)16-6(2)12/h7-8H,3-5H2,1-2H3,(H,14,15)/t7?,8-/m0/s1. The molecule has 0 aromatic rings. The van der Waals surface area contributed by atoms with Crippen LogP contribution in [0.2, 0.25) is 0 Å². The monoisotopic (exact) mass is 245 g/mol. The molecule has 0 radical (unpaired) electrons. The molecule has 2 atom stereocenters. The van der Waals surface area contributed by atoms with Crippen molar-refractivity contribution >= 4 is 28.8 Å². The molecule has 0 aromatic carbocycles. The van der Waals surface area contributed by atoms with Gasteiger partial charge in [-0.1, -0.05) is 18.7 Å². The Morgan fingerprint density at radius 3 is 2.69 bits per heavy atom. The number of aliphatic carboxylic acids is 1. The highest BCUT2D eigenvalue weighted by atomic mass is 32.2. The summed E-state index contributed by atoms with van der Waals surface area (Å²) in [4.78, 5) is 34.8. The van der Waals surface area contributed by atoms with Crippen molar-refractivity contribution in [2.24, 2.45) is 0 Å². The molecule has 1 fully saturated rings. The summed E-state index contributed by atoms with van der Waals surface area (Å²) in [5, 5.41) is 8.81. The van der Waals surface area contributed by atoms with Gasteiger partial charge < -0.3 is 10.0 Å². The first-order chi connectivity index (χ1) is 7.45. The zero-order chi connectivity index (χ0) is 12.3. The van der Waals surface area contributed by atoms with Gasteiger partial charge in [-0.15, -0.1) is 0 Å². The average Bonchev–Trinajstić information content (AvgIpc) is 2.46. The van der Waals surface area contributed by atoms with Gasteiger partial charge in [-0.25, -0.2) is 4.79 Å². The van der Waals surface area contributed by atoms with Gasteiger partial charge in [0, 0.05) is 25.1 Å². The molecule has 0 aliphatic carbocycles. The molecule has 1 heterocycles. The van der Waals surface area contributed by atoms with Crippen molar-refractivity contribution in [3.63, 3.8) is 0 Å². The van der Waals surface area contributed by atoms with E-state index in [0.717, 1.165) is 11.8 Å². The van der Waals surface area contributed by atoms with Gasteiger partial charge in [0.1, 0.15) is 6.04 Å². The van der Waals surface area contributed by atoms with Crippen molar-refractivity contribution in [2.75, 3.05) is 6.54 Å². The number of hydrogen-bond acceptors (Lipinski definition) is 4. The van der Waals surface area contributed by atoms with E-state index in [-0.39, 0.29) is 22.7 Å². The third kappa shape index (κ3) is 2.98. The molecular weight excluding hydrogens is 230 g/mol. The molecule has 1 unspecified atom stereocenters. The summed E-state index contributed by atoms with van der Waals surface area (Å²) in [6, 6.07) is -0.759. The molecule has 5 nitrogen and oxygen atoms in total. The third-order valence-corrected chi connectivity index (χ3v) is 3.48. The van der Waals surface area contributed by atoms with Gasteiger partial charge in [0.05, 0.1) is 0 Å². The molecule has 1 amide bonds. The molecule has 90 valence electrons. The molecular formula is C10H15NO4S. The predicted molar refractivity (Wildman–Crippen MR) is 60.1 cm³/mol. The lowest BCUT2D eigenvalue weighted by atomic mass is 10.2. The molecule has 16 heavy (non-hydrogen) atoms. The van der Waals surface area contributed by atoms with Crippen LogP contribution in [0.3, 0.4) is 0 Å². The number of hydrogen-bond donors (Lipinski definition) is 1. The molecule has 1 aliphatic heterocycles. The third-order valence-electron chi connectivity index (χ3n) is 2.50. The van der Waals surface area contributed by atoms with E-state index >= 15 is 0 Å². The van der Waals surface area contributed by atoms with Gasteiger partial charge in [-0.2, -0.15) is 0 Å². The van der Waals surface area contributed by atoms with Crippen molar-refractivity contribution < 1.29 is 19.5 Å². The van der Waals surface area contributed by atoms with E-state index in [2.05, 4.69) is 0 Å². The Hall–Kier alpha value is -1.04.